The molecule has 126 valence electrons. The Labute approximate surface area is 136 Å². The summed E-state index contributed by atoms with van der Waals surface area (Å²) in [5, 5.41) is 1.35. The Hall–Kier alpha value is -1.42. The van der Waals surface area contributed by atoms with Crippen LogP contribution in [0.25, 0.3) is 10.9 Å². The lowest BCUT2D eigenvalue weighted by Gasteiger charge is -2.32. The smallest absolute Gasteiger partial charge is 0.239 e. The Morgan fingerprint density at radius 1 is 1.22 bits per heavy atom. The second-order valence-corrected chi connectivity index (χ2v) is 6.92. The topological polar surface area (TPSA) is 19.0 Å². The number of H-pyrrole nitrogens is 1. The van der Waals surface area contributed by atoms with E-state index in [4.69, 9.17) is 0 Å². The molecule has 0 saturated carbocycles. The summed E-state index contributed by atoms with van der Waals surface area (Å²) in [4.78, 5) is 5.54. The number of nitrogens with zero attached hydrogens (tertiary/aromatic N) is 1. The number of rotatable bonds is 5. The molecule has 1 saturated heterocycles. The molecule has 2 nitrogen and oxygen atoms in total. The number of alkyl halides is 2. The number of halogens is 2. The highest BCUT2D eigenvalue weighted by molar-refractivity contribution is 5.87. The second-order valence-electron chi connectivity index (χ2n) is 6.92. The van der Waals surface area contributed by atoms with Gasteiger partial charge in [-0.15, -0.1) is 0 Å². The quantitative estimate of drug-likeness (QED) is 0.846. The van der Waals surface area contributed by atoms with E-state index in [0.29, 0.717) is 12.5 Å². The number of aromatic nitrogens is 1. The molecule has 3 rings (SSSR count). The zero-order valence-electron chi connectivity index (χ0n) is 14.0. The summed E-state index contributed by atoms with van der Waals surface area (Å²) in [6, 6.07) is 4.45. The van der Waals surface area contributed by atoms with Gasteiger partial charge in [0.1, 0.15) is 0 Å². The monoisotopic (exact) mass is 320 g/mol. The van der Waals surface area contributed by atoms with Crippen LogP contribution in [0.4, 0.5) is 8.78 Å². The largest absolute Gasteiger partial charge is 0.361 e. The highest BCUT2D eigenvalue weighted by atomic mass is 19.3. The fourth-order valence-electron chi connectivity index (χ4n) is 3.90. The maximum absolute atomic E-state index is 12.3. The van der Waals surface area contributed by atoms with Gasteiger partial charge in [-0.05, 0) is 74.9 Å². The zero-order valence-corrected chi connectivity index (χ0v) is 14.0. The van der Waals surface area contributed by atoms with Crippen molar-refractivity contribution in [1.29, 1.82) is 0 Å². The van der Waals surface area contributed by atoms with Gasteiger partial charge in [-0.3, -0.25) is 0 Å². The van der Waals surface area contributed by atoms with Crippen LogP contribution in [0.15, 0.2) is 18.3 Å². The maximum Gasteiger partial charge on any atom is 0.239 e. The molecule has 1 aromatic carbocycles. The number of aromatic amines is 1. The van der Waals surface area contributed by atoms with Crippen molar-refractivity contribution >= 4 is 10.9 Å². The average molecular weight is 320 g/mol. The van der Waals surface area contributed by atoms with Crippen molar-refractivity contribution in [2.45, 2.75) is 46.0 Å². The molecule has 0 aliphatic carbocycles. The van der Waals surface area contributed by atoms with Crippen LogP contribution in [-0.4, -0.2) is 35.9 Å². The molecule has 4 heteroatoms. The van der Waals surface area contributed by atoms with Crippen molar-refractivity contribution in [3.63, 3.8) is 0 Å². The number of likely N-dealkylation sites (tertiary alicyclic amines) is 1. The third-order valence-corrected chi connectivity index (χ3v) is 5.24. The lowest BCUT2D eigenvalue weighted by atomic mass is 9.86. The van der Waals surface area contributed by atoms with Gasteiger partial charge in [0.15, 0.2) is 0 Å². The van der Waals surface area contributed by atoms with E-state index in [0.717, 1.165) is 32.4 Å². The molecular formula is C19H26F2N2. The predicted octanol–water partition coefficient (Wildman–Crippen LogP) is 4.69. The molecule has 1 aromatic heterocycles. The van der Waals surface area contributed by atoms with Gasteiger partial charge < -0.3 is 9.88 Å². The Kier molecular flexibility index (Phi) is 5.00. The summed E-state index contributed by atoms with van der Waals surface area (Å²) in [5.74, 6) is 0.664. The van der Waals surface area contributed by atoms with Gasteiger partial charge in [-0.2, -0.15) is 0 Å². The van der Waals surface area contributed by atoms with E-state index < -0.39 is 6.43 Å². The lowest BCUT2D eigenvalue weighted by Crippen LogP contribution is -2.35. The van der Waals surface area contributed by atoms with Gasteiger partial charge in [0.25, 0.3) is 0 Å². The molecule has 1 aliphatic heterocycles. The highest BCUT2D eigenvalue weighted by Gasteiger charge is 2.21. The average Bonchev–Trinajstić information content (AvgIpc) is 3.00. The molecule has 2 aromatic rings. The van der Waals surface area contributed by atoms with E-state index in [2.05, 4.69) is 35.9 Å². The van der Waals surface area contributed by atoms with Crippen molar-refractivity contribution in [3.05, 3.63) is 35.0 Å². The van der Waals surface area contributed by atoms with Crippen molar-refractivity contribution in [2.24, 2.45) is 5.92 Å². The molecule has 2 heterocycles. The third-order valence-electron chi connectivity index (χ3n) is 5.24. The van der Waals surface area contributed by atoms with Crippen LogP contribution >= 0.6 is 0 Å². The SMILES string of the molecule is Cc1cc(C)c2[nH]ccc2c1CC1CCN(CCC(F)F)CC1. The predicted molar refractivity (Wildman–Crippen MR) is 91.3 cm³/mol. The minimum Gasteiger partial charge on any atom is -0.361 e. The van der Waals surface area contributed by atoms with Crippen molar-refractivity contribution in [2.75, 3.05) is 19.6 Å². The summed E-state index contributed by atoms with van der Waals surface area (Å²) in [6.45, 7) is 6.80. The number of hydrogen-bond donors (Lipinski definition) is 1. The normalized spacial score (nSPS) is 17.4. The van der Waals surface area contributed by atoms with Gasteiger partial charge >= 0.3 is 0 Å². The minimum atomic E-state index is -2.18. The first-order chi connectivity index (χ1) is 11.0. The van der Waals surface area contributed by atoms with Crippen LogP contribution in [0, 0.1) is 19.8 Å². The Bertz CT molecular complexity index is 655. The van der Waals surface area contributed by atoms with Gasteiger partial charge in [0, 0.05) is 30.1 Å². The van der Waals surface area contributed by atoms with Gasteiger partial charge in [-0.1, -0.05) is 6.07 Å². The maximum atomic E-state index is 12.3. The Morgan fingerprint density at radius 3 is 2.65 bits per heavy atom. The summed E-state index contributed by atoms with van der Waals surface area (Å²) in [6.07, 6.45) is 3.18. The van der Waals surface area contributed by atoms with E-state index >= 15 is 0 Å². The van der Waals surface area contributed by atoms with Crippen LogP contribution in [0.3, 0.4) is 0 Å². The minimum absolute atomic E-state index is 0.00566. The van der Waals surface area contributed by atoms with Crippen molar-refractivity contribution < 1.29 is 8.78 Å². The van der Waals surface area contributed by atoms with E-state index in [9.17, 15) is 8.78 Å². The molecule has 0 atom stereocenters. The number of fused-ring (bicyclic) bond motifs is 1. The molecule has 0 bridgehead atoms. The van der Waals surface area contributed by atoms with Crippen molar-refractivity contribution in [1.82, 2.24) is 9.88 Å². The number of nitrogens with one attached hydrogen (secondary N) is 1. The summed E-state index contributed by atoms with van der Waals surface area (Å²) < 4.78 is 24.6. The van der Waals surface area contributed by atoms with Crippen LogP contribution in [0.2, 0.25) is 0 Å². The molecule has 1 fully saturated rings. The first-order valence-electron chi connectivity index (χ1n) is 8.61. The first kappa shape index (κ1) is 16.4. The molecule has 0 unspecified atom stereocenters. The number of hydrogen-bond acceptors (Lipinski definition) is 1. The summed E-state index contributed by atoms with van der Waals surface area (Å²) >= 11 is 0. The standard InChI is InChI=1S/C19H26F2N2/c1-13-11-14(2)19-16(3-7-22-19)17(13)12-15-4-8-23(9-5-15)10-6-18(20)21/h3,7,11,15,18,22H,4-6,8-10,12H2,1-2H3. The molecule has 0 spiro atoms. The van der Waals surface area contributed by atoms with Crippen LogP contribution in [0.1, 0.15) is 36.0 Å². The van der Waals surface area contributed by atoms with Crippen LogP contribution in [-0.2, 0) is 6.42 Å². The Morgan fingerprint density at radius 2 is 1.96 bits per heavy atom. The fourth-order valence-corrected chi connectivity index (χ4v) is 3.90. The number of benzene rings is 1. The fraction of sp³-hybridized carbons (Fsp3) is 0.579. The van der Waals surface area contributed by atoms with E-state index in [1.54, 1.807) is 0 Å². The van der Waals surface area contributed by atoms with E-state index in [-0.39, 0.29) is 6.42 Å². The van der Waals surface area contributed by atoms with Crippen LogP contribution < -0.4 is 0 Å². The van der Waals surface area contributed by atoms with Gasteiger partial charge in [-0.25, -0.2) is 8.78 Å². The van der Waals surface area contributed by atoms with Crippen LogP contribution in [0.5, 0.6) is 0 Å². The Balaban J connectivity index is 1.64. The van der Waals surface area contributed by atoms with Gasteiger partial charge in [0.2, 0.25) is 6.43 Å². The molecule has 0 radical (unpaired) electrons. The molecule has 23 heavy (non-hydrogen) atoms. The molecule has 1 N–H and O–H groups in total. The lowest BCUT2D eigenvalue weighted by molar-refractivity contribution is 0.103. The van der Waals surface area contributed by atoms with E-state index in [1.165, 1.54) is 27.6 Å². The number of piperidine rings is 1. The summed E-state index contributed by atoms with van der Waals surface area (Å²) in [5.41, 5.74) is 5.38. The molecule has 0 amide bonds. The second kappa shape index (κ2) is 7.00. The van der Waals surface area contributed by atoms with E-state index in [1.807, 2.05) is 6.20 Å². The molecular weight excluding hydrogens is 294 g/mol. The summed E-state index contributed by atoms with van der Waals surface area (Å²) in [7, 11) is 0. The van der Waals surface area contributed by atoms with Crippen molar-refractivity contribution in [3.8, 4) is 0 Å². The number of aryl methyl sites for hydroxylation is 2. The highest BCUT2D eigenvalue weighted by Crippen LogP contribution is 2.30. The zero-order chi connectivity index (χ0) is 16.4. The molecule has 1 aliphatic rings. The van der Waals surface area contributed by atoms with Gasteiger partial charge in [0.05, 0.1) is 0 Å². The third kappa shape index (κ3) is 3.74. The first-order valence-corrected chi connectivity index (χ1v) is 8.61.